The first-order valence-corrected chi connectivity index (χ1v) is 15.7. The average Bonchev–Trinajstić information content (AvgIpc) is 3.59. The predicted molar refractivity (Wildman–Crippen MR) is 171 cm³/mol. The molecule has 2 aliphatic rings. The van der Waals surface area contributed by atoms with Crippen molar-refractivity contribution in [2.75, 3.05) is 64.2 Å². The minimum atomic E-state index is -0.514. The molecule has 0 spiro atoms. The zero-order valence-electron chi connectivity index (χ0n) is 25.9. The lowest BCUT2D eigenvalue weighted by Gasteiger charge is -2.19. The standard InChI is InChI=1S/C30H43Cl2N7O5/c1-21-17-27(35-26-8-11-39(37-26)22-5-6-24(31)25(32)18-22)36-28(34-21)20-38-10-7-23(19-38)43-16-15-42-14-13-41-12-9-33-29(40)44-30(2,3)4/h5-6,17-18,23H,7-16,19-20H2,1-4H3,(H,33,40)(H,34,35,36,37). The van der Waals surface area contributed by atoms with Gasteiger partial charge in [-0.15, -0.1) is 0 Å². The maximum Gasteiger partial charge on any atom is 0.407 e. The van der Waals surface area contributed by atoms with Gasteiger partial charge in [0.25, 0.3) is 0 Å². The Hall–Kier alpha value is -2.74. The second-order valence-corrected chi connectivity index (χ2v) is 12.4. The van der Waals surface area contributed by atoms with Crippen molar-refractivity contribution in [2.24, 2.45) is 4.99 Å². The second-order valence-electron chi connectivity index (χ2n) is 11.6. The highest BCUT2D eigenvalue weighted by molar-refractivity contribution is 6.42. The number of amidine groups is 1. The Balaban J connectivity index is 1.10. The van der Waals surface area contributed by atoms with E-state index < -0.39 is 11.7 Å². The normalized spacial score (nSPS) is 18.2. The maximum absolute atomic E-state index is 11.6. The van der Waals surface area contributed by atoms with Crippen molar-refractivity contribution in [1.29, 1.82) is 0 Å². The van der Waals surface area contributed by atoms with Crippen LogP contribution < -0.4 is 15.8 Å². The van der Waals surface area contributed by atoms with E-state index in [0.717, 1.165) is 55.5 Å². The van der Waals surface area contributed by atoms with Gasteiger partial charge in [0.2, 0.25) is 0 Å². The van der Waals surface area contributed by atoms with Gasteiger partial charge >= 0.3 is 6.09 Å². The van der Waals surface area contributed by atoms with Crippen molar-refractivity contribution in [1.82, 2.24) is 25.6 Å². The number of anilines is 1. The number of hydrogen-bond acceptors (Lipinski definition) is 10. The molecule has 2 fully saturated rings. The highest BCUT2D eigenvalue weighted by Gasteiger charge is 2.24. The fraction of sp³-hybridized carbons (Fsp3) is 0.600. The quantitative estimate of drug-likeness (QED) is 0.278. The number of hydrazine groups is 1. The van der Waals surface area contributed by atoms with Crippen LogP contribution in [0.15, 0.2) is 29.3 Å². The minimum absolute atomic E-state index is 0.147. The molecule has 0 aliphatic carbocycles. The van der Waals surface area contributed by atoms with Gasteiger partial charge in [-0.2, -0.15) is 0 Å². The van der Waals surface area contributed by atoms with Gasteiger partial charge in [0, 0.05) is 44.4 Å². The third kappa shape index (κ3) is 11.6. The van der Waals surface area contributed by atoms with Gasteiger partial charge in [0.05, 0.1) is 61.4 Å². The third-order valence-corrected chi connectivity index (χ3v) is 7.39. The van der Waals surface area contributed by atoms with Gasteiger partial charge in [0.1, 0.15) is 17.3 Å². The summed E-state index contributed by atoms with van der Waals surface area (Å²) in [5.74, 6) is 2.21. The summed E-state index contributed by atoms with van der Waals surface area (Å²) in [4.78, 5) is 28.0. The molecular formula is C30H43Cl2N7O5. The Morgan fingerprint density at radius 1 is 1.07 bits per heavy atom. The number of aryl methyl sites for hydroxylation is 1. The molecule has 2 aromatic rings. The lowest BCUT2D eigenvalue weighted by Crippen LogP contribution is -2.34. The van der Waals surface area contributed by atoms with E-state index in [4.69, 9.17) is 52.1 Å². The number of amides is 1. The molecule has 14 heteroatoms. The smallest absolute Gasteiger partial charge is 0.407 e. The van der Waals surface area contributed by atoms with Crippen LogP contribution in [0.4, 0.5) is 16.3 Å². The topological polar surface area (TPSA) is 123 Å². The molecule has 0 radical (unpaired) electrons. The number of aromatic nitrogens is 2. The largest absolute Gasteiger partial charge is 0.444 e. The van der Waals surface area contributed by atoms with Gasteiger partial charge < -0.3 is 24.3 Å². The van der Waals surface area contributed by atoms with Crippen LogP contribution in [0.25, 0.3) is 0 Å². The molecule has 44 heavy (non-hydrogen) atoms. The van der Waals surface area contributed by atoms with E-state index in [0.29, 0.717) is 62.0 Å². The number of rotatable bonds is 14. The van der Waals surface area contributed by atoms with Crippen LogP contribution in [0, 0.1) is 6.92 Å². The van der Waals surface area contributed by atoms with Crippen LogP contribution >= 0.6 is 23.2 Å². The van der Waals surface area contributed by atoms with E-state index in [1.807, 2.05) is 50.9 Å². The molecule has 2 aliphatic heterocycles. The molecule has 2 N–H and O–H groups in total. The van der Waals surface area contributed by atoms with E-state index >= 15 is 0 Å². The van der Waals surface area contributed by atoms with Gasteiger partial charge in [-0.1, -0.05) is 23.2 Å². The fourth-order valence-electron chi connectivity index (χ4n) is 4.70. The molecule has 1 aromatic carbocycles. The van der Waals surface area contributed by atoms with Crippen LogP contribution in [0.5, 0.6) is 0 Å². The minimum Gasteiger partial charge on any atom is -0.444 e. The molecule has 0 bridgehead atoms. The summed E-state index contributed by atoms with van der Waals surface area (Å²) in [6, 6.07) is 7.43. The number of benzene rings is 1. The number of halogens is 2. The highest BCUT2D eigenvalue weighted by atomic mass is 35.5. The van der Waals surface area contributed by atoms with Crippen molar-refractivity contribution in [2.45, 2.75) is 58.8 Å². The maximum atomic E-state index is 11.6. The van der Waals surface area contributed by atoms with Crippen LogP contribution in [-0.4, -0.2) is 97.7 Å². The number of hydrogen-bond donors (Lipinski definition) is 2. The molecule has 12 nitrogen and oxygen atoms in total. The Morgan fingerprint density at radius 3 is 2.61 bits per heavy atom. The first-order valence-electron chi connectivity index (χ1n) is 14.9. The van der Waals surface area contributed by atoms with Crippen LogP contribution in [0.2, 0.25) is 10.0 Å². The lowest BCUT2D eigenvalue weighted by atomic mass is 10.2. The first-order chi connectivity index (χ1) is 21.0. The fourth-order valence-corrected chi connectivity index (χ4v) is 5.00. The summed E-state index contributed by atoms with van der Waals surface area (Å²) >= 11 is 12.2. The van der Waals surface area contributed by atoms with E-state index in [1.165, 1.54) is 0 Å². The molecular weight excluding hydrogens is 609 g/mol. The summed E-state index contributed by atoms with van der Waals surface area (Å²) in [5, 5.41) is 5.69. The molecule has 1 atom stereocenters. The number of ether oxygens (including phenoxy) is 4. The van der Waals surface area contributed by atoms with Gasteiger partial charge in [-0.25, -0.2) is 19.8 Å². The lowest BCUT2D eigenvalue weighted by molar-refractivity contribution is -0.00835. The number of alkyl carbamates (subject to hydrolysis) is 1. The SMILES string of the molecule is Cc1cc(N=C2CCN(c3ccc(Cl)c(Cl)c3)N2)nc(CN2CCC(OCCOCCOCCNC(=O)OC(C)(C)C)C2)n1. The Bertz CT molecular complexity index is 1280. The van der Waals surface area contributed by atoms with Crippen molar-refractivity contribution in [3.05, 3.63) is 45.8 Å². The number of aliphatic imine (C=N–C) groups is 1. The number of nitrogens with zero attached hydrogens (tertiary/aromatic N) is 5. The summed E-state index contributed by atoms with van der Waals surface area (Å²) in [5.41, 5.74) is 4.62. The van der Waals surface area contributed by atoms with E-state index in [9.17, 15) is 4.79 Å². The van der Waals surface area contributed by atoms with Crippen LogP contribution in [0.3, 0.4) is 0 Å². The van der Waals surface area contributed by atoms with Crippen molar-refractivity contribution in [3.63, 3.8) is 0 Å². The van der Waals surface area contributed by atoms with E-state index in [2.05, 4.69) is 20.6 Å². The molecule has 1 amide bonds. The third-order valence-electron chi connectivity index (χ3n) is 6.65. The number of carbonyl (C=O) groups excluding carboxylic acids is 1. The van der Waals surface area contributed by atoms with Crippen molar-refractivity contribution >= 4 is 46.6 Å². The van der Waals surface area contributed by atoms with E-state index in [-0.39, 0.29) is 6.10 Å². The number of carbonyl (C=O) groups is 1. The molecule has 3 heterocycles. The Labute approximate surface area is 269 Å². The molecule has 242 valence electrons. The Kier molecular flexibility index (Phi) is 12.8. The van der Waals surface area contributed by atoms with Gasteiger partial charge in [-0.3, -0.25) is 15.3 Å². The van der Waals surface area contributed by atoms with Gasteiger partial charge in [-0.05, 0) is 52.3 Å². The Morgan fingerprint density at radius 2 is 1.84 bits per heavy atom. The summed E-state index contributed by atoms with van der Waals surface area (Å²) < 4.78 is 22.3. The summed E-state index contributed by atoms with van der Waals surface area (Å²) in [6.45, 7) is 13.3. The monoisotopic (exact) mass is 651 g/mol. The molecule has 2 saturated heterocycles. The summed E-state index contributed by atoms with van der Waals surface area (Å²) in [6.07, 6.45) is 1.40. The van der Waals surface area contributed by atoms with E-state index in [1.54, 1.807) is 6.07 Å². The second kappa shape index (κ2) is 16.5. The molecule has 4 rings (SSSR count). The number of likely N-dealkylation sites (tertiary alicyclic amines) is 1. The molecule has 1 aromatic heterocycles. The number of nitrogens with one attached hydrogen (secondary N) is 2. The van der Waals surface area contributed by atoms with Crippen molar-refractivity contribution in [3.8, 4) is 0 Å². The van der Waals surface area contributed by atoms with Crippen molar-refractivity contribution < 1.29 is 23.7 Å². The molecule has 0 saturated carbocycles. The predicted octanol–water partition coefficient (Wildman–Crippen LogP) is 4.69. The zero-order chi connectivity index (χ0) is 31.5. The van der Waals surface area contributed by atoms with Crippen LogP contribution in [-0.2, 0) is 25.5 Å². The first kappa shape index (κ1) is 34.1. The zero-order valence-corrected chi connectivity index (χ0v) is 27.4. The summed E-state index contributed by atoms with van der Waals surface area (Å²) in [7, 11) is 0. The highest BCUT2D eigenvalue weighted by Crippen LogP contribution is 2.28. The molecule has 1 unspecified atom stereocenters. The van der Waals surface area contributed by atoms with Gasteiger partial charge in [0.15, 0.2) is 5.82 Å². The average molecular weight is 653 g/mol. The van der Waals surface area contributed by atoms with Crippen LogP contribution in [0.1, 0.15) is 45.1 Å².